The van der Waals surface area contributed by atoms with E-state index in [2.05, 4.69) is 15.0 Å². The van der Waals surface area contributed by atoms with Gasteiger partial charge in [0.15, 0.2) is 5.82 Å². The third-order valence-electron chi connectivity index (χ3n) is 3.81. The maximum Gasteiger partial charge on any atom is 0.333 e. The second kappa shape index (κ2) is 4.37. The number of rotatable bonds is 3. The van der Waals surface area contributed by atoms with Crippen LogP contribution in [0.1, 0.15) is 24.3 Å². The minimum absolute atomic E-state index is 0.0598. The van der Waals surface area contributed by atoms with Gasteiger partial charge in [-0.3, -0.25) is 0 Å². The highest BCUT2D eigenvalue weighted by molar-refractivity contribution is 5.98. The van der Waals surface area contributed by atoms with Crippen molar-refractivity contribution in [3.8, 4) is 11.4 Å². The van der Waals surface area contributed by atoms with E-state index in [1.54, 1.807) is 12.4 Å². The van der Waals surface area contributed by atoms with Gasteiger partial charge in [0.1, 0.15) is 11.1 Å². The number of benzene rings is 1. The molecule has 1 saturated carbocycles. The van der Waals surface area contributed by atoms with Crippen LogP contribution in [0.3, 0.4) is 0 Å². The molecule has 4 rings (SSSR count). The molecule has 0 radical (unpaired) electrons. The van der Waals surface area contributed by atoms with Crippen molar-refractivity contribution in [3.63, 3.8) is 0 Å². The quantitative estimate of drug-likeness (QED) is 0.588. The van der Waals surface area contributed by atoms with Crippen LogP contribution in [-0.4, -0.2) is 19.9 Å². The lowest BCUT2D eigenvalue weighted by molar-refractivity contribution is -0.388. The first-order valence-corrected chi connectivity index (χ1v) is 6.81. The van der Waals surface area contributed by atoms with Gasteiger partial charge < -0.3 is 10.1 Å². The highest BCUT2D eigenvalue weighted by Gasteiger charge is 2.26. The number of nitro groups is 1. The van der Waals surface area contributed by atoms with Gasteiger partial charge in [-0.15, -0.1) is 0 Å². The van der Waals surface area contributed by atoms with Crippen LogP contribution in [0.5, 0.6) is 0 Å². The van der Waals surface area contributed by atoms with E-state index in [0.29, 0.717) is 22.8 Å². The number of para-hydroxylation sites is 1. The van der Waals surface area contributed by atoms with Crippen LogP contribution in [-0.2, 0) is 0 Å². The molecule has 0 bridgehead atoms. The molecule has 1 aromatic carbocycles. The van der Waals surface area contributed by atoms with Gasteiger partial charge in [0.05, 0.1) is 0 Å². The molecule has 2 heterocycles. The van der Waals surface area contributed by atoms with E-state index >= 15 is 0 Å². The van der Waals surface area contributed by atoms with E-state index in [4.69, 9.17) is 0 Å². The van der Waals surface area contributed by atoms with E-state index in [-0.39, 0.29) is 5.82 Å². The van der Waals surface area contributed by atoms with Gasteiger partial charge in [0.25, 0.3) is 0 Å². The van der Waals surface area contributed by atoms with Crippen molar-refractivity contribution in [3.05, 3.63) is 52.3 Å². The summed E-state index contributed by atoms with van der Waals surface area (Å²) in [4.78, 5) is 22.4. The average molecular weight is 280 g/mol. The molecule has 0 amide bonds. The van der Waals surface area contributed by atoms with Gasteiger partial charge in [-0.2, -0.15) is 0 Å². The van der Waals surface area contributed by atoms with Crippen molar-refractivity contribution in [2.24, 2.45) is 0 Å². The molecule has 0 spiro atoms. The third-order valence-corrected chi connectivity index (χ3v) is 3.81. The van der Waals surface area contributed by atoms with Gasteiger partial charge in [-0.05, 0) is 41.4 Å². The summed E-state index contributed by atoms with van der Waals surface area (Å²) in [5, 5.41) is 12.0. The Kier molecular flexibility index (Phi) is 2.50. The van der Waals surface area contributed by atoms with Crippen molar-refractivity contribution in [2.75, 3.05) is 0 Å². The molecular weight excluding hydrogens is 268 g/mol. The number of aromatic amines is 1. The summed E-state index contributed by atoms with van der Waals surface area (Å²) < 4.78 is 0. The molecule has 0 unspecified atom stereocenters. The maximum absolute atomic E-state index is 11.3. The lowest BCUT2D eigenvalue weighted by Crippen LogP contribution is -1.95. The van der Waals surface area contributed by atoms with Crippen LogP contribution in [0.15, 0.2) is 36.7 Å². The summed E-state index contributed by atoms with van der Waals surface area (Å²) >= 11 is 0. The van der Waals surface area contributed by atoms with Crippen LogP contribution in [0.25, 0.3) is 22.3 Å². The smallest absolute Gasteiger partial charge is 0.333 e. The second-order valence-electron chi connectivity index (χ2n) is 5.27. The first kappa shape index (κ1) is 12.0. The Morgan fingerprint density at radius 3 is 2.57 bits per heavy atom. The number of nitrogens with zero attached hydrogens (tertiary/aromatic N) is 3. The molecular formula is C15H12N4O2. The number of fused-ring (bicyclic) bond motifs is 1. The fraction of sp³-hybridized carbons (Fsp3) is 0.200. The molecule has 2 aromatic heterocycles. The monoisotopic (exact) mass is 280 g/mol. The van der Waals surface area contributed by atoms with Crippen molar-refractivity contribution in [2.45, 2.75) is 18.8 Å². The summed E-state index contributed by atoms with van der Waals surface area (Å²) in [5.74, 6) is 0.899. The zero-order valence-corrected chi connectivity index (χ0v) is 11.1. The van der Waals surface area contributed by atoms with Crippen LogP contribution in [0, 0.1) is 10.1 Å². The van der Waals surface area contributed by atoms with Gasteiger partial charge in [-0.25, -0.2) is 15.0 Å². The lowest BCUT2D eigenvalue weighted by Gasteiger charge is -2.01. The SMILES string of the molecule is O=[N+]([O-])c1[nH]c2ccccc2c1-c1ncc(C2CC2)cn1. The fourth-order valence-corrected chi connectivity index (χ4v) is 2.59. The van der Waals surface area contributed by atoms with Crippen LogP contribution in [0.4, 0.5) is 5.82 Å². The van der Waals surface area contributed by atoms with Crippen molar-refractivity contribution in [1.82, 2.24) is 15.0 Å². The minimum atomic E-state index is -0.423. The van der Waals surface area contributed by atoms with Gasteiger partial charge in [0, 0.05) is 17.8 Å². The lowest BCUT2D eigenvalue weighted by atomic mass is 10.1. The van der Waals surface area contributed by atoms with Gasteiger partial charge in [-0.1, -0.05) is 12.1 Å². The predicted molar refractivity (Wildman–Crippen MR) is 78.0 cm³/mol. The normalized spacial score (nSPS) is 14.5. The van der Waals surface area contributed by atoms with E-state index in [9.17, 15) is 10.1 Å². The Labute approximate surface area is 120 Å². The summed E-state index contributed by atoms with van der Waals surface area (Å²) in [5.41, 5.74) is 2.29. The van der Waals surface area contributed by atoms with Crippen molar-refractivity contribution >= 4 is 16.7 Å². The molecule has 1 N–H and O–H groups in total. The molecule has 1 aliphatic carbocycles. The Bertz CT molecular complexity index is 835. The van der Waals surface area contributed by atoms with Crippen molar-refractivity contribution in [1.29, 1.82) is 0 Å². The zero-order chi connectivity index (χ0) is 14.4. The summed E-state index contributed by atoms with van der Waals surface area (Å²) in [7, 11) is 0. The van der Waals surface area contributed by atoms with E-state index in [1.807, 2.05) is 24.3 Å². The molecule has 0 atom stereocenters. The minimum Gasteiger partial charge on any atom is -0.358 e. The number of hydrogen-bond acceptors (Lipinski definition) is 4. The molecule has 6 nitrogen and oxygen atoms in total. The molecule has 0 aliphatic heterocycles. The number of H-pyrrole nitrogens is 1. The standard InChI is InChI=1S/C15H12N4O2/c20-19(21)15-13(11-3-1-2-4-12(11)18-15)14-16-7-10(8-17-14)9-5-6-9/h1-4,7-9,18H,5-6H2. The number of aromatic nitrogens is 3. The molecule has 104 valence electrons. The van der Waals surface area contributed by atoms with Gasteiger partial charge in [0.2, 0.25) is 0 Å². The largest absolute Gasteiger partial charge is 0.358 e. The van der Waals surface area contributed by atoms with Crippen LogP contribution < -0.4 is 0 Å². The molecule has 6 heteroatoms. The Balaban J connectivity index is 1.91. The Morgan fingerprint density at radius 2 is 1.90 bits per heavy atom. The second-order valence-corrected chi connectivity index (χ2v) is 5.27. The van der Waals surface area contributed by atoms with Crippen molar-refractivity contribution < 1.29 is 4.92 Å². The molecule has 21 heavy (non-hydrogen) atoms. The fourth-order valence-electron chi connectivity index (χ4n) is 2.59. The first-order valence-electron chi connectivity index (χ1n) is 6.81. The highest BCUT2D eigenvalue weighted by atomic mass is 16.6. The highest BCUT2D eigenvalue weighted by Crippen LogP contribution is 2.40. The molecule has 0 saturated heterocycles. The van der Waals surface area contributed by atoms with E-state index in [1.165, 1.54) is 12.8 Å². The Morgan fingerprint density at radius 1 is 1.19 bits per heavy atom. The molecule has 1 fully saturated rings. The van der Waals surface area contributed by atoms with E-state index in [0.717, 1.165) is 10.9 Å². The molecule has 3 aromatic rings. The number of nitrogens with one attached hydrogen (secondary N) is 1. The average Bonchev–Trinajstić information content (AvgIpc) is 3.27. The third kappa shape index (κ3) is 1.96. The Hall–Kier alpha value is -2.76. The molecule has 1 aliphatic rings. The summed E-state index contributed by atoms with van der Waals surface area (Å²) in [6, 6.07) is 7.34. The zero-order valence-electron chi connectivity index (χ0n) is 11.1. The number of hydrogen-bond donors (Lipinski definition) is 1. The summed E-state index contributed by atoms with van der Waals surface area (Å²) in [6.07, 6.45) is 5.92. The van der Waals surface area contributed by atoms with Crippen LogP contribution >= 0.6 is 0 Å². The first-order chi connectivity index (χ1) is 10.2. The topological polar surface area (TPSA) is 84.7 Å². The predicted octanol–water partition coefficient (Wildman–Crippen LogP) is 3.41. The van der Waals surface area contributed by atoms with E-state index < -0.39 is 4.92 Å². The summed E-state index contributed by atoms with van der Waals surface area (Å²) in [6.45, 7) is 0. The maximum atomic E-state index is 11.3. The van der Waals surface area contributed by atoms with Gasteiger partial charge >= 0.3 is 5.82 Å². The van der Waals surface area contributed by atoms with Crippen LogP contribution in [0.2, 0.25) is 0 Å².